The molecule has 0 amide bonds. The van der Waals surface area contributed by atoms with Crippen LogP contribution in [-0.2, 0) is 0 Å². The molecule has 2 aliphatic rings. The molecule has 256 valence electrons. The number of benzene rings is 10. The summed E-state index contributed by atoms with van der Waals surface area (Å²) < 4.78 is 0. The van der Waals surface area contributed by atoms with E-state index in [4.69, 9.17) is 0 Å². The Kier molecular flexibility index (Phi) is 4.87. The van der Waals surface area contributed by atoms with Crippen LogP contribution in [0.5, 0.6) is 23.0 Å². The predicted octanol–water partition coefficient (Wildman–Crippen LogP) is 4.42. The maximum Gasteiger partial charge on any atom is 0.201 e. The van der Waals surface area contributed by atoms with E-state index in [0.29, 0.717) is 32.9 Å². The second-order valence-electron chi connectivity index (χ2n) is 13.9. The van der Waals surface area contributed by atoms with Gasteiger partial charge in [0, 0.05) is 76.4 Å². The lowest BCUT2D eigenvalue weighted by Gasteiger charge is -2.23. The first kappa shape index (κ1) is 28.8. The molecule has 12 heteroatoms. The van der Waals surface area contributed by atoms with Crippen LogP contribution in [0.3, 0.4) is 0 Å². The number of phenols is 4. The Hall–Kier alpha value is -7.86. The third-order valence-corrected chi connectivity index (χ3v) is 11.2. The third kappa shape index (κ3) is 3.12. The molecule has 2 aliphatic heterocycles. The zero-order chi connectivity index (χ0) is 36.6. The molecule has 0 atom stereocenters. The van der Waals surface area contributed by atoms with Crippen LogP contribution in [0.15, 0.2) is 92.0 Å². The van der Waals surface area contributed by atoms with Gasteiger partial charge in [0.05, 0.1) is 44.3 Å². The van der Waals surface area contributed by atoms with E-state index in [9.17, 15) is 39.6 Å². The van der Waals surface area contributed by atoms with Gasteiger partial charge in [0.25, 0.3) is 0 Å². The van der Waals surface area contributed by atoms with E-state index in [-0.39, 0.29) is 64.6 Å². The average Bonchev–Trinajstić information content (AvgIpc) is 3.78. The van der Waals surface area contributed by atoms with E-state index < -0.39 is 44.7 Å². The highest BCUT2D eigenvalue weighted by Gasteiger charge is 2.33. The van der Waals surface area contributed by atoms with Crippen molar-refractivity contribution in [1.82, 2.24) is 0 Å². The number of aromatic hydroxyl groups is 4. The molecule has 0 fully saturated rings. The van der Waals surface area contributed by atoms with Gasteiger partial charge in [-0.3, -0.25) is 19.2 Å². The van der Waals surface area contributed by atoms with Crippen molar-refractivity contribution in [3.63, 3.8) is 0 Å². The second kappa shape index (κ2) is 9.13. The molecule has 0 saturated heterocycles. The highest BCUT2D eigenvalue weighted by Crippen LogP contribution is 2.51. The van der Waals surface area contributed by atoms with Crippen LogP contribution in [0.4, 0.5) is 22.7 Å². The fraction of sp³-hybridized carbons (Fsp3) is 0. The lowest BCUT2D eigenvalue weighted by Crippen LogP contribution is -2.23. The SMILES string of the molecule is O=c1c2c(O)cc(=O)c3c4c(=O)cc(O)c5c(=O)c6c(O)cc(=C7Nc8ccccc8N7)c7c8c(=C9Nc%10ccccc%10N9)cc(O)c1c8c(c23)c(c54)c67. The predicted molar refractivity (Wildman–Crippen MR) is 210 cm³/mol. The minimum Gasteiger partial charge on any atom is -0.507 e. The summed E-state index contributed by atoms with van der Waals surface area (Å²) in [5.74, 6) is -1.28. The molecule has 10 aromatic carbocycles. The highest BCUT2D eigenvalue weighted by atomic mass is 16.3. The van der Waals surface area contributed by atoms with E-state index in [1.807, 2.05) is 48.5 Å². The molecule has 0 radical (unpaired) electrons. The summed E-state index contributed by atoms with van der Waals surface area (Å²) in [6.07, 6.45) is 0. The van der Waals surface area contributed by atoms with Gasteiger partial charge in [-0.2, -0.15) is 0 Å². The lowest BCUT2D eigenvalue weighted by atomic mass is 9.79. The summed E-state index contributed by atoms with van der Waals surface area (Å²) in [5, 5.41) is 60.7. The van der Waals surface area contributed by atoms with E-state index >= 15 is 0 Å². The van der Waals surface area contributed by atoms with Crippen LogP contribution in [-0.4, -0.2) is 20.4 Å². The number of phenolic OH excluding ortho intramolecular Hbond substituents is 4. The summed E-state index contributed by atoms with van der Waals surface area (Å²) in [6.45, 7) is 0. The molecular formula is C42H20N4O8. The van der Waals surface area contributed by atoms with Gasteiger partial charge in [-0.05, 0) is 36.4 Å². The first-order chi connectivity index (χ1) is 26.1. The first-order valence-electron chi connectivity index (χ1n) is 16.9. The van der Waals surface area contributed by atoms with E-state index in [2.05, 4.69) is 21.3 Å². The van der Waals surface area contributed by atoms with Gasteiger partial charge in [0.15, 0.2) is 10.9 Å². The highest BCUT2D eigenvalue weighted by molar-refractivity contribution is 6.49. The number of anilines is 4. The van der Waals surface area contributed by atoms with Crippen molar-refractivity contribution in [3.8, 4) is 23.0 Å². The Labute approximate surface area is 298 Å². The van der Waals surface area contributed by atoms with E-state index in [1.165, 1.54) is 12.1 Å². The molecule has 54 heavy (non-hydrogen) atoms. The number of para-hydroxylation sites is 4. The van der Waals surface area contributed by atoms with Crippen molar-refractivity contribution in [2.75, 3.05) is 21.3 Å². The maximum atomic E-state index is 14.7. The monoisotopic (exact) mass is 708 g/mol. The molecule has 0 aliphatic carbocycles. The minimum atomic E-state index is -0.781. The van der Waals surface area contributed by atoms with Gasteiger partial charge in [0.1, 0.15) is 34.6 Å². The van der Waals surface area contributed by atoms with Crippen molar-refractivity contribution in [2.45, 2.75) is 0 Å². The molecule has 0 bridgehead atoms. The summed E-state index contributed by atoms with van der Waals surface area (Å²) >= 11 is 0. The van der Waals surface area contributed by atoms with Crippen LogP contribution < -0.4 is 53.4 Å². The third-order valence-electron chi connectivity index (χ3n) is 11.2. The van der Waals surface area contributed by atoms with Crippen LogP contribution in [0.2, 0.25) is 0 Å². The van der Waals surface area contributed by atoms with Gasteiger partial charge in [-0.25, -0.2) is 0 Å². The zero-order valence-electron chi connectivity index (χ0n) is 27.4. The van der Waals surface area contributed by atoms with Crippen molar-refractivity contribution in [1.29, 1.82) is 0 Å². The number of nitrogens with one attached hydrogen (secondary N) is 4. The fourth-order valence-electron chi connectivity index (χ4n) is 9.23. The van der Waals surface area contributed by atoms with E-state index in [0.717, 1.165) is 34.9 Å². The van der Waals surface area contributed by atoms with Gasteiger partial charge < -0.3 is 41.7 Å². The number of rotatable bonds is 0. The summed E-state index contributed by atoms with van der Waals surface area (Å²) in [6, 6.07) is 19.4. The van der Waals surface area contributed by atoms with Gasteiger partial charge in [0.2, 0.25) is 10.9 Å². The standard InChI is InChI=1S/C42H20N4O8/c47-19-9-13(41-43-15-5-1-2-6-16(15)44-41)25-26-14(42-45-17-7-3-4-8-18(17)46-42)10-20(48)30-34(26)38-36-28(22(50)12-24(52)32(36)40(30)54)27-21(49)11-23(51)31-35(27)37(38)33(25)29(19)39(31)53/h1-12,43-48,51-52H. The largest absolute Gasteiger partial charge is 0.507 e. The molecule has 0 spiro atoms. The topological polar surface area (TPSA) is 197 Å². The lowest BCUT2D eigenvalue weighted by molar-refractivity contribution is 0.478. The average molecular weight is 709 g/mol. The van der Waals surface area contributed by atoms with Crippen LogP contribution in [0.1, 0.15) is 0 Å². The van der Waals surface area contributed by atoms with Crippen molar-refractivity contribution in [2.24, 2.45) is 0 Å². The summed E-state index contributed by atoms with van der Waals surface area (Å²) in [4.78, 5) is 57.3. The molecule has 8 N–H and O–H groups in total. The Balaban J connectivity index is 1.52. The molecule has 10 aromatic rings. The Morgan fingerprint density at radius 2 is 0.611 bits per heavy atom. The van der Waals surface area contributed by atoms with Crippen LogP contribution in [0.25, 0.3) is 87.0 Å². The molecular weight excluding hydrogens is 688 g/mol. The number of hydrogen-bond donors (Lipinski definition) is 8. The molecule has 12 nitrogen and oxygen atoms in total. The number of fused-ring (bicyclic) bond motifs is 4. The molecule has 0 aromatic heterocycles. The first-order valence-corrected chi connectivity index (χ1v) is 16.9. The fourth-order valence-corrected chi connectivity index (χ4v) is 9.23. The van der Waals surface area contributed by atoms with Gasteiger partial charge in [-0.15, -0.1) is 0 Å². The van der Waals surface area contributed by atoms with Crippen molar-refractivity contribution >= 4 is 110 Å². The second-order valence-corrected chi connectivity index (χ2v) is 13.9. The van der Waals surface area contributed by atoms with Crippen LogP contribution >= 0.6 is 0 Å². The van der Waals surface area contributed by atoms with Gasteiger partial charge >= 0.3 is 0 Å². The Morgan fingerprint density at radius 1 is 0.333 bits per heavy atom. The number of hydrogen-bond acceptors (Lipinski definition) is 12. The van der Waals surface area contributed by atoms with Crippen molar-refractivity contribution < 1.29 is 20.4 Å². The Bertz CT molecular complexity index is 3510. The normalized spacial score (nSPS) is 13.9. The Morgan fingerprint density at radius 3 is 0.944 bits per heavy atom. The van der Waals surface area contributed by atoms with Crippen LogP contribution in [0, 0.1) is 0 Å². The molecule has 0 unspecified atom stereocenters. The molecule has 12 rings (SSSR count). The summed E-state index contributed by atoms with van der Waals surface area (Å²) in [5.41, 5.74) is -0.179. The summed E-state index contributed by atoms with van der Waals surface area (Å²) in [7, 11) is 0. The minimum absolute atomic E-state index is 0.0276. The van der Waals surface area contributed by atoms with Gasteiger partial charge in [-0.1, -0.05) is 24.3 Å². The van der Waals surface area contributed by atoms with Crippen molar-refractivity contribution in [3.05, 3.63) is 124 Å². The molecule has 2 heterocycles. The van der Waals surface area contributed by atoms with E-state index in [1.54, 1.807) is 0 Å². The molecule has 0 saturated carbocycles. The quantitative estimate of drug-likeness (QED) is 0.0817. The zero-order valence-corrected chi connectivity index (χ0v) is 27.4. The maximum absolute atomic E-state index is 14.7. The smallest absolute Gasteiger partial charge is 0.201 e.